The molecule has 0 unspecified atom stereocenters. The number of carbonyl (C=O) groups is 1. The monoisotopic (exact) mass is 217 g/mol. The maximum Gasteiger partial charge on any atom is 0.216 e. The van der Waals surface area contributed by atoms with Gasteiger partial charge in [-0.3, -0.25) is 4.79 Å². The summed E-state index contributed by atoms with van der Waals surface area (Å²) in [5, 5.41) is 2.69. The summed E-state index contributed by atoms with van der Waals surface area (Å²) < 4.78 is 6.38. The average molecular weight is 217 g/mol. The molecule has 0 atom stereocenters. The van der Waals surface area contributed by atoms with Crippen LogP contribution in [-0.4, -0.2) is 57.8 Å². The maximum atomic E-state index is 10.5. The van der Waals surface area contributed by atoms with Crippen molar-refractivity contribution in [2.24, 2.45) is 0 Å². The molecule has 0 saturated carbocycles. The van der Waals surface area contributed by atoms with Gasteiger partial charge in [0.05, 0.1) is 34.3 Å². The van der Waals surface area contributed by atoms with Gasteiger partial charge in [0.2, 0.25) is 5.91 Å². The van der Waals surface area contributed by atoms with Gasteiger partial charge in [0, 0.05) is 20.1 Å². The van der Waals surface area contributed by atoms with E-state index in [0.29, 0.717) is 13.2 Å². The summed E-state index contributed by atoms with van der Waals surface area (Å²) in [4.78, 5) is 10.5. The lowest BCUT2D eigenvalue weighted by molar-refractivity contribution is -0.870. The van der Waals surface area contributed by atoms with E-state index in [1.165, 1.54) is 19.9 Å². The molecule has 0 aromatic carbocycles. The summed E-state index contributed by atoms with van der Waals surface area (Å²) in [6.45, 7) is 4.71. The number of nitrogens with zero attached hydrogens (tertiary/aromatic N) is 1. The van der Waals surface area contributed by atoms with Gasteiger partial charge in [0.15, 0.2) is 0 Å². The molecule has 0 fully saturated rings. The molecule has 1 N–H and O–H groups in total. The first kappa shape index (κ1) is 14.4. The third-order valence-corrected chi connectivity index (χ3v) is 1.99. The summed E-state index contributed by atoms with van der Waals surface area (Å²) in [6, 6.07) is 0. The minimum Gasteiger partial charge on any atom is -0.380 e. The van der Waals surface area contributed by atoms with Crippen LogP contribution in [0.2, 0.25) is 0 Å². The van der Waals surface area contributed by atoms with E-state index >= 15 is 0 Å². The predicted octanol–water partition coefficient (Wildman–Crippen LogP) is 0.626. The third-order valence-electron chi connectivity index (χ3n) is 1.99. The van der Waals surface area contributed by atoms with Crippen molar-refractivity contribution in [3.8, 4) is 0 Å². The summed E-state index contributed by atoms with van der Waals surface area (Å²) in [6.07, 6.45) is 2.28. The molecule has 0 radical (unpaired) electrons. The first-order valence-electron chi connectivity index (χ1n) is 5.54. The number of hydrogen-bond donors (Lipinski definition) is 1. The molecule has 0 spiro atoms. The summed E-state index contributed by atoms with van der Waals surface area (Å²) >= 11 is 0. The molecule has 0 saturated heterocycles. The van der Waals surface area contributed by atoms with Gasteiger partial charge in [-0.1, -0.05) is 0 Å². The predicted molar refractivity (Wildman–Crippen MR) is 61.6 cm³/mol. The number of quaternary nitrogens is 1. The smallest absolute Gasteiger partial charge is 0.216 e. The Morgan fingerprint density at radius 3 is 2.40 bits per heavy atom. The minimum atomic E-state index is 0.00336. The van der Waals surface area contributed by atoms with E-state index in [0.717, 1.165) is 17.5 Å². The van der Waals surface area contributed by atoms with E-state index in [-0.39, 0.29) is 5.91 Å². The van der Waals surface area contributed by atoms with Crippen LogP contribution < -0.4 is 5.32 Å². The molecule has 15 heavy (non-hydrogen) atoms. The van der Waals surface area contributed by atoms with Crippen molar-refractivity contribution in [1.82, 2.24) is 5.32 Å². The second-order valence-electron chi connectivity index (χ2n) is 4.82. The molecule has 0 rings (SSSR count). The number of rotatable bonds is 8. The second-order valence-corrected chi connectivity index (χ2v) is 4.82. The number of unbranched alkanes of at least 4 members (excludes halogenated alkanes) is 1. The lowest BCUT2D eigenvalue weighted by Gasteiger charge is -2.23. The lowest BCUT2D eigenvalue weighted by Crippen LogP contribution is -2.35. The van der Waals surface area contributed by atoms with Gasteiger partial charge in [-0.25, -0.2) is 0 Å². The fraction of sp³-hybridized carbons (Fsp3) is 0.909. The van der Waals surface area contributed by atoms with E-state index in [1.54, 1.807) is 0 Å². The Balaban J connectivity index is 3.09. The summed E-state index contributed by atoms with van der Waals surface area (Å²) in [7, 11) is 6.58. The first-order valence-corrected chi connectivity index (χ1v) is 5.54. The molecule has 4 nitrogen and oxygen atoms in total. The third kappa shape index (κ3) is 13.4. The second kappa shape index (κ2) is 7.65. The van der Waals surface area contributed by atoms with Gasteiger partial charge < -0.3 is 14.5 Å². The quantitative estimate of drug-likeness (QED) is 0.478. The van der Waals surface area contributed by atoms with Crippen molar-refractivity contribution in [2.75, 3.05) is 47.4 Å². The highest BCUT2D eigenvalue weighted by Crippen LogP contribution is 1.97. The van der Waals surface area contributed by atoms with E-state index in [4.69, 9.17) is 4.74 Å². The van der Waals surface area contributed by atoms with Gasteiger partial charge in [0.25, 0.3) is 0 Å². The fourth-order valence-corrected chi connectivity index (χ4v) is 1.19. The van der Waals surface area contributed by atoms with Crippen LogP contribution in [0.5, 0.6) is 0 Å². The van der Waals surface area contributed by atoms with Crippen LogP contribution in [0.3, 0.4) is 0 Å². The normalized spacial score (nSPS) is 11.5. The van der Waals surface area contributed by atoms with E-state index < -0.39 is 0 Å². The van der Waals surface area contributed by atoms with Crippen LogP contribution in [0.25, 0.3) is 0 Å². The molecule has 0 aliphatic heterocycles. The molecule has 4 heteroatoms. The zero-order valence-corrected chi connectivity index (χ0v) is 10.5. The average Bonchev–Trinajstić information content (AvgIpc) is 2.07. The molecule has 0 aliphatic carbocycles. The zero-order chi connectivity index (χ0) is 11.7. The van der Waals surface area contributed by atoms with Crippen LogP contribution in [0.4, 0.5) is 0 Å². The molecule has 90 valence electrons. The SMILES string of the molecule is CC(=O)NCCOCCCC[N+](C)(C)C. The van der Waals surface area contributed by atoms with Crippen molar-refractivity contribution in [1.29, 1.82) is 0 Å². The molecule has 0 aromatic rings. The number of carbonyl (C=O) groups excluding carboxylic acids is 1. The van der Waals surface area contributed by atoms with Crippen LogP contribution in [0, 0.1) is 0 Å². The summed E-state index contributed by atoms with van der Waals surface area (Å²) in [5.41, 5.74) is 0. The van der Waals surface area contributed by atoms with Gasteiger partial charge in [0.1, 0.15) is 0 Å². The molecule has 0 bridgehead atoms. The lowest BCUT2D eigenvalue weighted by atomic mass is 10.3. The Morgan fingerprint density at radius 2 is 1.87 bits per heavy atom. The number of hydrogen-bond acceptors (Lipinski definition) is 2. The van der Waals surface area contributed by atoms with Crippen molar-refractivity contribution < 1.29 is 14.0 Å². The highest BCUT2D eigenvalue weighted by atomic mass is 16.5. The number of ether oxygens (including phenoxy) is 1. The van der Waals surface area contributed by atoms with Gasteiger partial charge >= 0.3 is 0 Å². The topological polar surface area (TPSA) is 38.3 Å². The number of amides is 1. The Morgan fingerprint density at radius 1 is 1.20 bits per heavy atom. The highest BCUT2D eigenvalue weighted by Gasteiger charge is 2.04. The Bertz CT molecular complexity index is 176. The fourth-order valence-electron chi connectivity index (χ4n) is 1.19. The number of nitrogens with one attached hydrogen (secondary N) is 1. The van der Waals surface area contributed by atoms with E-state index in [9.17, 15) is 4.79 Å². The molecule has 1 amide bonds. The molecular weight excluding hydrogens is 192 g/mol. The first-order chi connectivity index (χ1) is 6.92. The van der Waals surface area contributed by atoms with E-state index in [1.807, 2.05) is 0 Å². The Hall–Kier alpha value is -0.610. The molecule has 0 aliphatic rings. The van der Waals surface area contributed by atoms with Gasteiger partial charge in [-0.15, -0.1) is 0 Å². The maximum absolute atomic E-state index is 10.5. The van der Waals surface area contributed by atoms with Crippen molar-refractivity contribution in [3.63, 3.8) is 0 Å². The van der Waals surface area contributed by atoms with Crippen molar-refractivity contribution in [3.05, 3.63) is 0 Å². The van der Waals surface area contributed by atoms with Crippen LogP contribution in [0.1, 0.15) is 19.8 Å². The van der Waals surface area contributed by atoms with Crippen LogP contribution in [-0.2, 0) is 9.53 Å². The Kier molecular flexibility index (Phi) is 7.34. The highest BCUT2D eigenvalue weighted by molar-refractivity contribution is 5.72. The van der Waals surface area contributed by atoms with Crippen molar-refractivity contribution in [2.45, 2.75) is 19.8 Å². The van der Waals surface area contributed by atoms with Crippen molar-refractivity contribution >= 4 is 5.91 Å². The van der Waals surface area contributed by atoms with Crippen LogP contribution >= 0.6 is 0 Å². The van der Waals surface area contributed by atoms with Crippen LogP contribution in [0.15, 0.2) is 0 Å². The van der Waals surface area contributed by atoms with Gasteiger partial charge in [-0.05, 0) is 12.8 Å². The zero-order valence-electron chi connectivity index (χ0n) is 10.5. The van der Waals surface area contributed by atoms with E-state index in [2.05, 4.69) is 26.5 Å². The molecule has 0 heterocycles. The molecule has 0 aromatic heterocycles. The minimum absolute atomic E-state index is 0.00336. The standard InChI is InChI=1S/C11H24N2O2/c1-11(14)12-7-10-15-9-6-5-8-13(2,3)4/h5-10H2,1-4H3/p+1. The largest absolute Gasteiger partial charge is 0.380 e. The molecular formula is C11H25N2O2+. The van der Waals surface area contributed by atoms with Gasteiger partial charge in [-0.2, -0.15) is 0 Å². The Labute approximate surface area is 93.2 Å². The summed E-state index contributed by atoms with van der Waals surface area (Å²) in [5.74, 6) is 0.00336.